The number of carbonyl (C=O) groups excluding carboxylic acids is 1. The number of amides is 1. The predicted molar refractivity (Wildman–Crippen MR) is 126 cm³/mol. The van der Waals surface area contributed by atoms with Gasteiger partial charge in [0.2, 0.25) is 0 Å². The molecule has 0 saturated carbocycles. The second-order valence-corrected chi connectivity index (χ2v) is 9.50. The van der Waals surface area contributed by atoms with Gasteiger partial charge in [-0.15, -0.1) is 0 Å². The number of aromatic nitrogens is 5. The molecule has 1 N–H and O–H groups in total. The first-order valence-electron chi connectivity index (χ1n) is 11.2. The van der Waals surface area contributed by atoms with Crippen molar-refractivity contribution < 1.29 is 9.53 Å². The van der Waals surface area contributed by atoms with Crippen molar-refractivity contribution in [1.29, 1.82) is 0 Å². The van der Waals surface area contributed by atoms with Gasteiger partial charge in [-0.1, -0.05) is 24.3 Å². The molecule has 0 radical (unpaired) electrons. The van der Waals surface area contributed by atoms with Crippen molar-refractivity contribution in [2.24, 2.45) is 7.05 Å². The highest BCUT2D eigenvalue weighted by Crippen LogP contribution is 2.35. The summed E-state index contributed by atoms with van der Waals surface area (Å²) >= 11 is 0. The van der Waals surface area contributed by atoms with E-state index >= 15 is 0 Å². The lowest BCUT2D eigenvalue weighted by Gasteiger charge is -2.29. The fraction of sp³-hybridized carbons (Fsp3) is 0.360. The highest BCUT2D eigenvalue weighted by molar-refractivity contribution is 5.91. The van der Waals surface area contributed by atoms with Crippen LogP contribution < -0.4 is 0 Å². The van der Waals surface area contributed by atoms with Crippen LogP contribution in [-0.4, -0.2) is 47.9 Å². The van der Waals surface area contributed by atoms with Crippen molar-refractivity contribution in [3.63, 3.8) is 0 Å². The molecule has 4 heterocycles. The summed E-state index contributed by atoms with van der Waals surface area (Å²) in [6.07, 6.45) is 7.15. The van der Waals surface area contributed by atoms with Crippen molar-refractivity contribution in [3.8, 4) is 22.5 Å². The highest BCUT2D eigenvalue weighted by Gasteiger charge is 2.33. The molecule has 1 aliphatic rings. The molecule has 1 amide bonds. The molecule has 0 aliphatic carbocycles. The van der Waals surface area contributed by atoms with Crippen molar-refractivity contribution in [2.75, 3.05) is 6.54 Å². The zero-order valence-electron chi connectivity index (χ0n) is 19.4. The summed E-state index contributed by atoms with van der Waals surface area (Å²) in [5, 5.41) is 4.23. The van der Waals surface area contributed by atoms with E-state index in [4.69, 9.17) is 4.74 Å². The molecule has 1 aromatic carbocycles. The lowest BCUT2D eigenvalue weighted by Crippen LogP contribution is -2.36. The summed E-state index contributed by atoms with van der Waals surface area (Å²) in [7, 11) is 1.88. The molecule has 3 aromatic heterocycles. The number of imidazole rings is 1. The third-order valence-corrected chi connectivity index (χ3v) is 5.86. The number of nitrogens with one attached hydrogen (secondary N) is 1. The van der Waals surface area contributed by atoms with Gasteiger partial charge in [-0.05, 0) is 50.8 Å². The van der Waals surface area contributed by atoms with Gasteiger partial charge in [0.25, 0.3) is 0 Å². The molecular formula is C25H28N6O2. The van der Waals surface area contributed by atoms with Crippen molar-refractivity contribution in [3.05, 3.63) is 54.5 Å². The molecule has 0 bridgehead atoms. The van der Waals surface area contributed by atoms with E-state index in [0.29, 0.717) is 5.65 Å². The van der Waals surface area contributed by atoms with E-state index in [-0.39, 0.29) is 12.1 Å². The molecule has 4 aromatic rings. The van der Waals surface area contributed by atoms with Crippen LogP contribution in [0.5, 0.6) is 0 Å². The van der Waals surface area contributed by atoms with E-state index in [9.17, 15) is 4.79 Å². The Hall–Kier alpha value is -3.68. The number of carbonyl (C=O) groups is 1. The van der Waals surface area contributed by atoms with Crippen molar-refractivity contribution in [1.82, 2.24) is 29.6 Å². The molecule has 8 nitrogen and oxygen atoms in total. The van der Waals surface area contributed by atoms with Crippen molar-refractivity contribution >= 4 is 17.3 Å². The SMILES string of the molecule is Cn1cc(-c2nc3nccc(-c4ccc(C5CCCN5C(=O)OC(C)(C)C)cc4)c3[nH]2)cn1. The number of hydrogen-bond donors (Lipinski definition) is 1. The third kappa shape index (κ3) is 4.20. The van der Waals surface area contributed by atoms with Crippen LogP contribution in [0.4, 0.5) is 4.79 Å². The first kappa shape index (κ1) is 21.2. The fourth-order valence-electron chi connectivity index (χ4n) is 4.37. The highest BCUT2D eigenvalue weighted by atomic mass is 16.6. The first-order valence-corrected chi connectivity index (χ1v) is 11.2. The maximum absolute atomic E-state index is 12.7. The minimum atomic E-state index is -0.500. The monoisotopic (exact) mass is 444 g/mol. The molecule has 170 valence electrons. The second kappa shape index (κ2) is 8.03. The van der Waals surface area contributed by atoms with Crippen LogP contribution >= 0.6 is 0 Å². The number of fused-ring (bicyclic) bond motifs is 1. The smallest absolute Gasteiger partial charge is 0.410 e. The summed E-state index contributed by atoms with van der Waals surface area (Å²) in [5.41, 5.74) is 5.19. The Morgan fingerprint density at radius 2 is 1.94 bits per heavy atom. The molecule has 1 saturated heterocycles. The Bertz CT molecular complexity index is 1300. The number of H-pyrrole nitrogens is 1. The van der Waals surface area contributed by atoms with Gasteiger partial charge in [0.05, 0.1) is 23.3 Å². The average molecular weight is 445 g/mol. The lowest BCUT2D eigenvalue weighted by atomic mass is 9.99. The summed E-state index contributed by atoms with van der Waals surface area (Å²) in [5.74, 6) is 0.744. The maximum Gasteiger partial charge on any atom is 0.410 e. The minimum Gasteiger partial charge on any atom is -0.444 e. The maximum atomic E-state index is 12.7. The van der Waals surface area contributed by atoms with E-state index in [1.54, 1.807) is 17.1 Å². The van der Waals surface area contributed by atoms with E-state index in [1.165, 1.54) is 0 Å². The van der Waals surface area contributed by atoms with Crippen LogP contribution in [0.25, 0.3) is 33.7 Å². The Morgan fingerprint density at radius 3 is 2.64 bits per heavy atom. The van der Waals surface area contributed by atoms with Gasteiger partial charge in [0, 0.05) is 31.5 Å². The molecule has 33 heavy (non-hydrogen) atoms. The quantitative estimate of drug-likeness (QED) is 0.475. The topological polar surface area (TPSA) is 88.9 Å². The minimum absolute atomic E-state index is 0.0377. The number of rotatable bonds is 3. The number of nitrogens with zero attached hydrogens (tertiary/aromatic N) is 5. The number of hydrogen-bond acceptors (Lipinski definition) is 5. The second-order valence-electron chi connectivity index (χ2n) is 9.50. The molecule has 1 fully saturated rings. The molecule has 1 unspecified atom stereocenters. The predicted octanol–water partition coefficient (Wildman–Crippen LogP) is 5.10. The standard InChI is InChI=1S/C25H28N6O2/c1-25(2,3)33-24(32)31-13-5-6-20(31)17-9-7-16(8-10-17)19-11-12-26-23-21(19)28-22(29-23)18-14-27-30(4)15-18/h7-12,14-15,20H,5-6,13H2,1-4H3,(H,26,28,29). The Labute approximate surface area is 192 Å². The molecule has 1 aliphatic heterocycles. The van der Waals surface area contributed by atoms with E-state index in [1.807, 2.05) is 45.0 Å². The van der Waals surface area contributed by atoms with Crippen LogP contribution in [0.2, 0.25) is 0 Å². The Balaban J connectivity index is 1.43. The van der Waals surface area contributed by atoms with E-state index in [2.05, 4.69) is 44.3 Å². The van der Waals surface area contributed by atoms with Crippen molar-refractivity contribution in [2.45, 2.75) is 45.3 Å². The van der Waals surface area contributed by atoms with Crippen LogP contribution in [0.1, 0.15) is 45.2 Å². The van der Waals surface area contributed by atoms with Gasteiger partial charge in [-0.25, -0.2) is 14.8 Å². The number of ether oxygens (including phenoxy) is 1. The number of likely N-dealkylation sites (tertiary alicyclic amines) is 1. The molecule has 1 atom stereocenters. The fourth-order valence-corrected chi connectivity index (χ4v) is 4.37. The molecule has 8 heteroatoms. The molecular weight excluding hydrogens is 416 g/mol. The van der Waals surface area contributed by atoms with Gasteiger partial charge < -0.3 is 14.6 Å². The summed E-state index contributed by atoms with van der Waals surface area (Å²) in [6, 6.07) is 10.4. The summed E-state index contributed by atoms with van der Waals surface area (Å²) < 4.78 is 7.37. The lowest BCUT2D eigenvalue weighted by molar-refractivity contribution is 0.0224. The van der Waals surface area contributed by atoms with E-state index in [0.717, 1.165) is 53.0 Å². The number of benzene rings is 1. The summed E-state index contributed by atoms with van der Waals surface area (Å²) in [4.78, 5) is 27.0. The van der Waals surface area contributed by atoms with Crippen LogP contribution in [0.3, 0.4) is 0 Å². The van der Waals surface area contributed by atoms with Gasteiger partial charge in [-0.2, -0.15) is 5.10 Å². The zero-order valence-corrected chi connectivity index (χ0v) is 19.4. The first-order chi connectivity index (χ1) is 15.8. The largest absolute Gasteiger partial charge is 0.444 e. The normalized spacial score (nSPS) is 16.5. The number of aromatic amines is 1. The van der Waals surface area contributed by atoms with Gasteiger partial charge in [-0.3, -0.25) is 4.68 Å². The van der Waals surface area contributed by atoms with Crippen LogP contribution in [0, 0.1) is 0 Å². The number of aryl methyl sites for hydroxylation is 1. The van der Waals surface area contributed by atoms with E-state index < -0.39 is 5.60 Å². The van der Waals surface area contributed by atoms with Gasteiger partial charge in [0.1, 0.15) is 11.4 Å². The Morgan fingerprint density at radius 1 is 1.15 bits per heavy atom. The molecule has 5 rings (SSSR count). The average Bonchev–Trinajstić information content (AvgIpc) is 3.51. The number of pyridine rings is 1. The summed E-state index contributed by atoms with van der Waals surface area (Å²) in [6.45, 7) is 6.41. The Kier molecular flexibility index (Phi) is 5.15. The third-order valence-electron chi connectivity index (χ3n) is 5.86. The zero-order chi connectivity index (χ0) is 23.2. The van der Waals surface area contributed by atoms with Gasteiger partial charge in [0.15, 0.2) is 5.65 Å². The van der Waals surface area contributed by atoms with Crippen LogP contribution in [-0.2, 0) is 11.8 Å². The molecule has 0 spiro atoms. The van der Waals surface area contributed by atoms with Gasteiger partial charge >= 0.3 is 6.09 Å². The van der Waals surface area contributed by atoms with Crippen LogP contribution in [0.15, 0.2) is 48.9 Å².